The van der Waals surface area contributed by atoms with Crippen molar-refractivity contribution in [3.05, 3.63) is 0 Å². The van der Waals surface area contributed by atoms with Gasteiger partial charge in [0.05, 0.1) is 0 Å². The van der Waals surface area contributed by atoms with Crippen LogP contribution in [0.25, 0.3) is 0 Å². The molecule has 0 aromatic carbocycles. The van der Waals surface area contributed by atoms with Gasteiger partial charge in [0.25, 0.3) is 10.2 Å². The molecule has 1 aliphatic carbocycles. The number of piperidine rings is 1. The summed E-state index contributed by atoms with van der Waals surface area (Å²) in [4.78, 5) is 0. The highest BCUT2D eigenvalue weighted by Crippen LogP contribution is 2.29. The van der Waals surface area contributed by atoms with Gasteiger partial charge < -0.3 is 0 Å². The molecule has 118 valence electrons. The van der Waals surface area contributed by atoms with Gasteiger partial charge in [0, 0.05) is 32.1 Å². The molecule has 4 nitrogen and oxygen atoms in total. The maximum absolute atomic E-state index is 12.7. The van der Waals surface area contributed by atoms with Crippen LogP contribution in [0.1, 0.15) is 45.4 Å². The molecule has 0 N–H and O–H groups in total. The van der Waals surface area contributed by atoms with Gasteiger partial charge in [-0.05, 0) is 50.4 Å². The second kappa shape index (κ2) is 6.95. The fraction of sp³-hybridized carbons (Fsp3) is 1.00. The summed E-state index contributed by atoms with van der Waals surface area (Å²) in [5.41, 5.74) is 0. The van der Waals surface area contributed by atoms with Gasteiger partial charge >= 0.3 is 0 Å². The first-order valence-electron chi connectivity index (χ1n) is 7.74. The molecule has 1 saturated heterocycles. The van der Waals surface area contributed by atoms with Crippen molar-refractivity contribution in [1.82, 2.24) is 8.61 Å². The van der Waals surface area contributed by atoms with Gasteiger partial charge in [-0.15, -0.1) is 11.6 Å². The van der Waals surface area contributed by atoms with Gasteiger partial charge in [-0.3, -0.25) is 0 Å². The normalized spacial score (nSPS) is 30.8. The summed E-state index contributed by atoms with van der Waals surface area (Å²) in [6.45, 7) is 3.49. The smallest absolute Gasteiger partial charge is 0.195 e. The van der Waals surface area contributed by atoms with E-state index in [1.807, 2.05) is 0 Å². The molecule has 20 heavy (non-hydrogen) atoms. The van der Waals surface area contributed by atoms with Gasteiger partial charge in [0.15, 0.2) is 0 Å². The highest BCUT2D eigenvalue weighted by Gasteiger charge is 2.35. The quantitative estimate of drug-likeness (QED) is 0.747. The highest BCUT2D eigenvalue weighted by atomic mass is 35.5. The lowest BCUT2D eigenvalue weighted by Crippen LogP contribution is -2.49. The number of hydrogen-bond donors (Lipinski definition) is 0. The molecule has 2 rings (SSSR count). The third-order valence-corrected chi connectivity index (χ3v) is 7.46. The van der Waals surface area contributed by atoms with Crippen molar-refractivity contribution in [1.29, 1.82) is 0 Å². The molecule has 0 bridgehead atoms. The van der Waals surface area contributed by atoms with Crippen LogP contribution in [0, 0.1) is 11.8 Å². The molecular weight excluding hydrogens is 296 g/mol. The molecular formula is C14H27ClN2O2S. The summed E-state index contributed by atoms with van der Waals surface area (Å²) in [5.74, 6) is 1.86. The van der Waals surface area contributed by atoms with Gasteiger partial charge in [0.1, 0.15) is 0 Å². The molecule has 0 aromatic rings. The summed E-state index contributed by atoms with van der Waals surface area (Å²) in [5, 5.41) is 0. The Morgan fingerprint density at radius 1 is 1.10 bits per heavy atom. The van der Waals surface area contributed by atoms with Crippen LogP contribution in [-0.2, 0) is 10.2 Å². The summed E-state index contributed by atoms with van der Waals surface area (Å²) < 4.78 is 28.6. The van der Waals surface area contributed by atoms with E-state index in [0.29, 0.717) is 24.9 Å². The second-order valence-electron chi connectivity index (χ2n) is 6.43. The van der Waals surface area contributed by atoms with E-state index in [1.165, 1.54) is 0 Å². The van der Waals surface area contributed by atoms with Crippen LogP contribution in [0.5, 0.6) is 0 Å². The minimum atomic E-state index is -3.29. The van der Waals surface area contributed by atoms with E-state index in [9.17, 15) is 8.42 Å². The van der Waals surface area contributed by atoms with Crippen LogP contribution in [-0.4, -0.2) is 49.1 Å². The molecule has 0 unspecified atom stereocenters. The van der Waals surface area contributed by atoms with Gasteiger partial charge in [-0.25, -0.2) is 0 Å². The van der Waals surface area contributed by atoms with Crippen molar-refractivity contribution in [3.63, 3.8) is 0 Å². The molecule has 2 aliphatic rings. The Bertz CT molecular complexity index is 399. The number of nitrogens with zero attached hydrogens (tertiary/aromatic N) is 2. The molecule has 0 spiro atoms. The fourth-order valence-corrected chi connectivity index (χ4v) is 5.20. The Kier molecular flexibility index (Phi) is 5.74. The van der Waals surface area contributed by atoms with Crippen molar-refractivity contribution in [2.45, 2.75) is 51.5 Å². The topological polar surface area (TPSA) is 40.6 Å². The Hall–Kier alpha value is 0.160. The average molecular weight is 323 g/mol. The second-order valence-corrected chi connectivity index (χ2v) is 8.73. The van der Waals surface area contributed by atoms with Crippen LogP contribution < -0.4 is 0 Å². The number of alkyl halides is 1. The summed E-state index contributed by atoms with van der Waals surface area (Å²) in [7, 11) is -1.53. The SMILES string of the molecule is CC1CCC(N(C)S(=O)(=O)N2CCC(CCl)CC2)CC1. The zero-order valence-electron chi connectivity index (χ0n) is 12.6. The van der Waals surface area contributed by atoms with Gasteiger partial charge in [-0.2, -0.15) is 17.0 Å². The third kappa shape index (κ3) is 3.67. The number of rotatable bonds is 4. The minimum Gasteiger partial charge on any atom is -0.195 e. The molecule has 2 fully saturated rings. The van der Waals surface area contributed by atoms with Crippen LogP contribution >= 0.6 is 11.6 Å². The third-order valence-electron chi connectivity index (χ3n) is 4.98. The van der Waals surface area contributed by atoms with Crippen LogP contribution in [0.2, 0.25) is 0 Å². The monoisotopic (exact) mass is 322 g/mol. The van der Waals surface area contributed by atoms with Gasteiger partial charge in [-0.1, -0.05) is 6.92 Å². The average Bonchev–Trinajstić information content (AvgIpc) is 2.47. The zero-order valence-corrected chi connectivity index (χ0v) is 14.2. The molecule has 1 saturated carbocycles. The lowest BCUT2D eigenvalue weighted by atomic mass is 9.87. The molecule has 0 aromatic heterocycles. The van der Waals surface area contributed by atoms with Crippen molar-refractivity contribution in [2.75, 3.05) is 26.0 Å². The van der Waals surface area contributed by atoms with E-state index in [-0.39, 0.29) is 6.04 Å². The maximum atomic E-state index is 12.7. The number of halogens is 1. The van der Waals surface area contributed by atoms with Crippen molar-refractivity contribution in [3.8, 4) is 0 Å². The van der Waals surface area contributed by atoms with E-state index in [4.69, 9.17) is 11.6 Å². The van der Waals surface area contributed by atoms with E-state index in [2.05, 4.69) is 6.92 Å². The molecule has 6 heteroatoms. The van der Waals surface area contributed by atoms with Crippen LogP contribution in [0.4, 0.5) is 0 Å². The first-order chi connectivity index (χ1) is 9.45. The van der Waals surface area contributed by atoms with Crippen LogP contribution in [0.15, 0.2) is 0 Å². The van der Waals surface area contributed by atoms with E-state index >= 15 is 0 Å². The standard InChI is InChI=1S/C14H27ClN2O2S/c1-12-3-5-14(6-4-12)16(2)20(18,19)17-9-7-13(11-15)8-10-17/h12-14H,3-11H2,1-2H3. The van der Waals surface area contributed by atoms with E-state index in [0.717, 1.165) is 44.4 Å². The molecule has 0 radical (unpaired) electrons. The summed E-state index contributed by atoms with van der Waals surface area (Å²) >= 11 is 5.86. The molecule has 0 atom stereocenters. The van der Waals surface area contributed by atoms with Crippen molar-refractivity contribution >= 4 is 21.8 Å². The Labute approximate surface area is 128 Å². The molecule has 1 aliphatic heterocycles. The van der Waals surface area contributed by atoms with Gasteiger partial charge in [0.2, 0.25) is 0 Å². The summed E-state index contributed by atoms with van der Waals surface area (Å²) in [6, 6.07) is 0.182. The van der Waals surface area contributed by atoms with E-state index < -0.39 is 10.2 Å². The first-order valence-corrected chi connectivity index (χ1v) is 9.67. The zero-order chi connectivity index (χ0) is 14.8. The highest BCUT2D eigenvalue weighted by molar-refractivity contribution is 7.86. The predicted octanol–water partition coefficient (Wildman–Crippen LogP) is 2.69. The number of hydrogen-bond acceptors (Lipinski definition) is 2. The lowest BCUT2D eigenvalue weighted by molar-refractivity contribution is 0.218. The first kappa shape index (κ1) is 16.5. The van der Waals surface area contributed by atoms with Crippen molar-refractivity contribution < 1.29 is 8.42 Å². The molecule has 0 amide bonds. The predicted molar refractivity (Wildman–Crippen MR) is 83.1 cm³/mol. The van der Waals surface area contributed by atoms with E-state index in [1.54, 1.807) is 15.7 Å². The maximum Gasteiger partial charge on any atom is 0.281 e. The Morgan fingerprint density at radius 2 is 1.65 bits per heavy atom. The fourth-order valence-electron chi connectivity index (χ4n) is 3.27. The lowest BCUT2D eigenvalue weighted by Gasteiger charge is -2.38. The Balaban J connectivity index is 1.95. The molecule has 1 heterocycles. The largest absolute Gasteiger partial charge is 0.281 e. The summed E-state index contributed by atoms with van der Waals surface area (Å²) in [6.07, 6.45) is 6.04. The van der Waals surface area contributed by atoms with Crippen LogP contribution in [0.3, 0.4) is 0 Å². The Morgan fingerprint density at radius 3 is 2.15 bits per heavy atom. The minimum absolute atomic E-state index is 0.182. The van der Waals surface area contributed by atoms with Crippen molar-refractivity contribution in [2.24, 2.45) is 11.8 Å².